The number of tetrazole rings is 1. The van der Waals surface area contributed by atoms with E-state index in [9.17, 15) is 4.79 Å². The van der Waals surface area contributed by atoms with Crippen LogP contribution in [0.1, 0.15) is 18.1 Å². The van der Waals surface area contributed by atoms with Gasteiger partial charge >= 0.3 is 0 Å². The third kappa shape index (κ3) is 5.68. The summed E-state index contributed by atoms with van der Waals surface area (Å²) in [6.07, 6.45) is 0. The smallest absolute Gasteiger partial charge is 0.262 e. The quantitative estimate of drug-likeness (QED) is 0.573. The molecule has 0 bridgehead atoms. The van der Waals surface area contributed by atoms with Gasteiger partial charge in [0.1, 0.15) is 0 Å². The van der Waals surface area contributed by atoms with Crippen LogP contribution in [-0.4, -0.2) is 39.3 Å². The highest BCUT2D eigenvalue weighted by Gasteiger charge is 2.10. The van der Waals surface area contributed by atoms with Gasteiger partial charge in [-0.15, -0.1) is 0 Å². The summed E-state index contributed by atoms with van der Waals surface area (Å²) in [4.78, 5) is 12.2. The normalized spacial score (nSPS) is 10.4. The Morgan fingerprint density at radius 2 is 1.90 bits per heavy atom. The third-order valence-corrected chi connectivity index (χ3v) is 4.07. The lowest BCUT2D eigenvalue weighted by atomic mass is 10.2. The van der Waals surface area contributed by atoms with Crippen molar-refractivity contribution in [2.24, 2.45) is 7.05 Å². The Morgan fingerprint density at radius 1 is 1.10 bits per heavy atom. The lowest BCUT2D eigenvalue weighted by molar-refractivity contribution is -0.118. The topological polar surface area (TPSA) is 103 Å². The maximum absolute atomic E-state index is 12.2. The first kappa shape index (κ1) is 20.1. The molecule has 0 radical (unpaired) electrons. The first-order chi connectivity index (χ1) is 14.0. The standard InChI is InChI=1S/C20H24N6O3/c1-4-28-18-11-15(12-21-20-23-24-25-26(20)3)7-10-17(18)29-13-19(27)22-16-8-5-14(2)6-9-16/h5-11H,4,12-13H2,1-3H3,(H,22,27)(H,21,23,25). The molecule has 0 spiro atoms. The molecule has 0 aliphatic heterocycles. The predicted molar refractivity (Wildman–Crippen MR) is 109 cm³/mol. The van der Waals surface area contributed by atoms with E-state index in [1.165, 1.54) is 0 Å². The van der Waals surface area contributed by atoms with Gasteiger partial charge in [0.2, 0.25) is 5.95 Å². The highest BCUT2D eigenvalue weighted by molar-refractivity contribution is 5.91. The molecule has 0 unspecified atom stereocenters. The van der Waals surface area contributed by atoms with Gasteiger partial charge < -0.3 is 20.1 Å². The first-order valence-electron chi connectivity index (χ1n) is 9.26. The fraction of sp³-hybridized carbons (Fsp3) is 0.300. The number of carbonyl (C=O) groups excluding carboxylic acids is 1. The minimum atomic E-state index is -0.239. The zero-order valence-electron chi connectivity index (χ0n) is 16.7. The van der Waals surface area contributed by atoms with Crippen LogP contribution in [-0.2, 0) is 18.4 Å². The second kappa shape index (κ2) is 9.54. The van der Waals surface area contributed by atoms with Gasteiger partial charge in [0, 0.05) is 19.3 Å². The molecular formula is C20H24N6O3. The van der Waals surface area contributed by atoms with Crippen LogP contribution in [0.4, 0.5) is 11.6 Å². The van der Waals surface area contributed by atoms with Crippen LogP contribution in [0.2, 0.25) is 0 Å². The second-order valence-corrected chi connectivity index (χ2v) is 6.40. The molecule has 3 rings (SSSR count). The second-order valence-electron chi connectivity index (χ2n) is 6.40. The molecule has 9 heteroatoms. The number of nitrogens with one attached hydrogen (secondary N) is 2. The summed E-state index contributed by atoms with van der Waals surface area (Å²) >= 11 is 0. The summed E-state index contributed by atoms with van der Waals surface area (Å²) in [6.45, 7) is 4.77. The molecule has 0 atom stereocenters. The number of hydrogen-bond acceptors (Lipinski definition) is 7. The van der Waals surface area contributed by atoms with E-state index in [4.69, 9.17) is 9.47 Å². The van der Waals surface area contributed by atoms with Crippen molar-refractivity contribution in [1.29, 1.82) is 0 Å². The molecule has 0 fully saturated rings. The molecule has 0 saturated carbocycles. The number of ether oxygens (including phenoxy) is 2. The van der Waals surface area contributed by atoms with Crippen molar-refractivity contribution in [3.8, 4) is 11.5 Å². The average molecular weight is 396 g/mol. The molecule has 0 aliphatic rings. The van der Waals surface area contributed by atoms with Crippen LogP contribution >= 0.6 is 0 Å². The van der Waals surface area contributed by atoms with Gasteiger partial charge in [-0.3, -0.25) is 4.79 Å². The Morgan fingerprint density at radius 3 is 2.59 bits per heavy atom. The number of aromatic nitrogens is 4. The van der Waals surface area contributed by atoms with Crippen molar-refractivity contribution < 1.29 is 14.3 Å². The molecule has 0 saturated heterocycles. The first-order valence-corrected chi connectivity index (χ1v) is 9.26. The Balaban J connectivity index is 1.59. The van der Waals surface area contributed by atoms with E-state index in [2.05, 4.69) is 26.2 Å². The van der Waals surface area contributed by atoms with Crippen LogP contribution in [0.5, 0.6) is 11.5 Å². The van der Waals surface area contributed by atoms with E-state index in [0.717, 1.165) is 16.8 Å². The van der Waals surface area contributed by atoms with Gasteiger partial charge in [0.25, 0.3) is 5.91 Å². The van der Waals surface area contributed by atoms with Crippen LogP contribution in [0.3, 0.4) is 0 Å². The van der Waals surface area contributed by atoms with E-state index in [-0.39, 0.29) is 12.5 Å². The zero-order chi connectivity index (χ0) is 20.6. The maximum Gasteiger partial charge on any atom is 0.262 e. The van der Waals surface area contributed by atoms with Gasteiger partial charge in [-0.1, -0.05) is 28.9 Å². The SMILES string of the molecule is CCOc1cc(CNc2nnnn2C)ccc1OCC(=O)Nc1ccc(C)cc1. The number of benzene rings is 2. The monoisotopic (exact) mass is 396 g/mol. The third-order valence-electron chi connectivity index (χ3n) is 4.07. The number of rotatable bonds is 9. The van der Waals surface area contributed by atoms with Gasteiger partial charge in [0.15, 0.2) is 18.1 Å². The highest BCUT2D eigenvalue weighted by atomic mass is 16.5. The van der Waals surface area contributed by atoms with E-state index in [1.54, 1.807) is 17.8 Å². The number of aryl methyl sites for hydroxylation is 2. The van der Waals surface area contributed by atoms with Crippen LogP contribution < -0.4 is 20.1 Å². The highest BCUT2D eigenvalue weighted by Crippen LogP contribution is 2.29. The molecule has 0 aliphatic carbocycles. The summed E-state index contributed by atoms with van der Waals surface area (Å²) in [6, 6.07) is 13.1. The lowest BCUT2D eigenvalue weighted by Crippen LogP contribution is -2.20. The summed E-state index contributed by atoms with van der Waals surface area (Å²) < 4.78 is 12.9. The molecule has 3 aromatic rings. The Labute approximate surface area is 169 Å². The van der Waals surface area contributed by atoms with Crippen molar-refractivity contribution in [2.45, 2.75) is 20.4 Å². The number of carbonyl (C=O) groups is 1. The molecule has 2 N–H and O–H groups in total. The van der Waals surface area contributed by atoms with E-state index >= 15 is 0 Å². The largest absolute Gasteiger partial charge is 0.490 e. The summed E-state index contributed by atoms with van der Waals surface area (Å²) in [7, 11) is 1.76. The number of anilines is 2. The van der Waals surface area contributed by atoms with Crippen LogP contribution in [0, 0.1) is 6.92 Å². The fourth-order valence-corrected chi connectivity index (χ4v) is 2.59. The Hall–Kier alpha value is -3.62. The summed E-state index contributed by atoms with van der Waals surface area (Å²) in [5.41, 5.74) is 2.83. The molecular weight excluding hydrogens is 372 g/mol. The fourth-order valence-electron chi connectivity index (χ4n) is 2.59. The van der Waals surface area contributed by atoms with E-state index in [1.807, 2.05) is 50.2 Å². The lowest BCUT2D eigenvalue weighted by Gasteiger charge is -2.14. The number of amides is 1. The minimum Gasteiger partial charge on any atom is -0.490 e. The minimum absolute atomic E-state index is 0.115. The predicted octanol–water partition coefficient (Wildman–Crippen LogP) is 2.55. The molecule has 1 aromatic heterocycles. The molecule has 9 nitrogen and oxygen atoms in total. The van der Waals surface area contributed by atoms with Gasteiger partial charge in [-0.25, -0.2) is 4.68 Å². The number of nitrogens with zero attached hydrogens (tertiary/aromatic N) is 4. The Bertz CT molecular complexity index is 955. The molecule has 1 amide bonds. The summed E-state index contributed by atoms with van der Waals surface area (Å²) in [5, 5.41) is 17.2. The number of hydrogen-bond donors (Lipinski definition) is 2. The van der Waals surface area contributed by atoms with Crippen molar-refractivity contribution in [1.82, 2.24) is 20.2 Å². The van der Waals surface area contributed by atoms with Crippen molar-refractivity contribution in [3.63, 3.8) is 0 Å². The van der Waals surface area contributed by atoms with Crippen molar-refractivity contribution in [2.75, 3.05) is 23.8 Å². The van der Waals surface area contributed by atoms with Crippen molar-refractivity contribution in [3.05, 3.63) is 53.6 Å². The zero-order valence-corrected chi connectivity index (χ0v) is 16.7. The van der Waals surface area contributed by atoms with Gasteiger partial charge in [0.05, 0.1) is 6.61 Å². The summed E-state index contributed by atoms with van der Waals surface area (Å²) in [5.74, 6) is 1.41. The van der Waals surface area contributed by atoms with Gasteiger partial charge in [-0.2, -0.15) is 0 Å². The average Bonchev–Trinajstić information content (AvgIpc) is 3.12. The van der Waals surface area contributed by atoms with E-state index < -0.39 is 0 Å². The van der Waals surface area contributed by atoms with Gasteiger partial charge in [-0.05, 0) is 54.1 Å². The molecule has 2 aromatic carbocycles. The van der Waals surface area contributed by atoms with Crippen LogP contribution in [0.25, 0.3) is 0 Å². The molecule has 152 valence electrons. The molecule has 29 heavy (non-hydrogen) atoms. The maximum atomic E-state index is 12.2. The van der Waals surface area contributed by atoms with Crippen LogP contribution in [0.15, 0.2) is 42.5 Å². The molecule has 1 heterocycles. The van der Waals surface area contributed by atoms with Crippen molar-refractivity contribution >= 4 is 17.5 Å². The van der Waals surface area contributed by atoms with E-state index in [0.29, 0.717) is 30.6 Å². The Kier molecular flexibility index (Phi) is 6.62.